The summed E-state index contributed by atoms with van der Waals surface area (Å²) in [6.45, 7) is 2.96. The summed E-state index contributed by atoms with van der Waals surface area (Å²) in [5.41, 5.74) is 1.79. The molecule has 1 N–H and O–H groups in total. The molecule has 0 spiro atoms. The lowest BCUT2D eigenvalue weighted by Gasteiger charge is -1.64. The van der Waals surface area contributed by atoms with Gasteiger partial charge in [-0.15, -0.1) is 11.3 Å². The van der Waals surface area contributed by atoms with Crippen molar-refractivity contribution < 1.29 is 14.7 Å². The van der Waals surface area contributed by atoms with Crippen molar-refractivity contribution in [3.63, 3.8) is 0 Å². The number of isocyanates is 1. The fraction of sp³-hybridized carbons (Fsp3) is 0.125. The van der Waals surface area contributed by atoms with Crippen LogP contribution in [0.15, 0.2) is 34.7 Å². The number of thiazole rings is 1. The highest BCUT2D eigenvalue weighted by atomic mass is 32.1. The van der Waals surface area contributed by atoms with Gasteiger partial charge in [-0.1, -0.05) is 6.58 Å². The predicted molar refractivity (Wildman–Crippen MR) is 54.0 cm³/mol. The van der Waals surface area contributed by atoms with Gasteiger partial charge in [0.15, 0.2) is 0 Å². The third-order valence-electron chi connectivity index (χ3n) is 0.613. The van der Waals surface area contributed by atoms with Gasteiger partial charge in [0, 0.05) is 24.7 Å². The van der Waals surface area contributed by atoms with Gasteiger partial charge in [-0.3, -0.25) is 4.98 Å². The Kier molecular flexibility index (Phi) is 14.5. The van der Waals surface area contributed by atoms with E-state index in [9.17, 15) is 4.79 Å². The average molecular weight is 214 g/mol. The Morgan fingerprint density at radius 3 is 2.36 bits per heavy atom. The van der Waals surface area contributed by atoms with Crippen LogP contribution < -0.4 is 0 Å². The maximum Gasteiger partial charge on any atom is 0.327 e. The summed E-state index contributed by atoms with van der Waals surface area (Å²) in [5.74, 6) is -0.981. The molecule has 0 aromatic carbocycles. The summed E-state index contributed by atoms with van der Waals surface area (Å²) in [4.78, 5) is 24.8. The molecule has 76 valence electrons. The van der Waals surface area contributed by atoms with E-state index in [0.717, 1.165) is 6.08 Å². The number of aromatic nitrogens is 1. The van der Waals surface area contributed by atoms with Crippen LogP contribution in [-0.2, 0) is 9.59 Å². The molecule has 1 rings (SSSR count). The Hall–Kier alpha value is -1.78. The van der Waals surface area contributed by atoms with Crippen molar-refractivity contribution in [3.8, 4) is 0 Å². The smallest absolute Gasteiger partial charge is 0.327 e. The zero-order valence-electron chi connectivity index (χ0n) is 7.58. The van der Waals surface area contributed by atoms with Gasteiger partial charge in [-0.05, 0) is 0 Å². The van der Waals surface area contributed by atoms with Gasteiger partial charge in [0.05, 0.1) is 5.51 Å². The van der Waals surface area contributed by atoms with Gasteiger partial charge >= 0.3 is 5.97 Å². The summed E-state index contributed by atoms with van der Waals surface area (Å²) < 4.78 is 0. The summed E-state index contributed by atoms with van der Waals surface area (Å²) in [7, 11) is 1.38. The zero-order valence-corrected chi connectivity index (χ0v) is 8.40. The summed E-state index contributed by atoms with van der Waals surface area (Å²) >= 11 is 1.60. The van der Waals surface area contributed by atoms with Gasteiger partial charge in [-0.25, -0.2) is 14.6 Å². The SMILES string of the molecule is C=CC(=O)O.CN=C=O.c1cscn1. The van der Waals surface area contributed by atoms with Crippen LogP contribution in [0.1, 0.15) is 0 Å². The largest absolute Gasteiger partial charge is 0.478 e. The van der Waals surface area contributed by atoms with E-state index in [4.69, 9.17) is 9.90 Å². The van der Waals surface area contributed by atoms with Crippen LogP contribution in [0, 0.1) is 0 Å². The molecule has 0 unspecified atom stereocenters. The lowest BCUT2D eigenvalue weighted by atomic mass is 10.7. The number of aliphatic imine (C=N–C) groups is 1. The quantitative estimate of drug-likeness (QED) is 0.434. The van der Waals surface area contributed by atoms with Crippen molar-refractivity contribution >= 4 is 23.4 Å². The Morgan fingerprint density at radius 2 is 2.29 bits per heavy atom. The molecule has 0 atom stereocenters. The van der Waals surface area contributed by atoms with E-state index in [2.05, 4.69) is 16.6 Å². The number of aliphatic carboxylic acids is 1. The van der Waals surface area contributed by atoms with E-state index in [0.29, 0.717) is 0 Å². The van der Waals surface area contributed by atoms with Crippen LogP contribution in [0.25, 0.3) is 0 Å². The standard InChI is InChI=1S/C3H3NS.C3H4O2.C2H3NO/c1-2-5-3-4-1;1-2-3(4)5;1-3-2-4/h1-3H;2H,1H2,(H,4,5);1H3. The second-order valence-corrected chi connectivity index (χ2v) is 2.29. The molecule has 5 nitrogen and oxygen atoms in total. The minimum Gasteiger partial charge on any atom is -0.478 e. The van der Waals surface area contributed by atoms with E-state index >= 15 is 0 Å². The van der Waals surface area contributed by atoms with Crippen molar-refractivity contribution in [2.75, 3.05) is 7.05 Å². The van der Waals surface area contributed by atoms with Crippen molar-refractivity contribution in [3.05, 3.63) is 29.7 Å². The highest BCUT2D eigenvalue weighted by Crippen LogP contribution is 1.85. The maximum absolute atomic E-state index is 9.25. The van der Waals surface area contributed by atoms with Crippen LogP contribution in [0.3, 0.4) is 0 Å². The Labute approximate surface area is 85.5 Å². The average Bonchev–Trinajstić information content (AvgIpc) is 2.76. The third kappa shape index (κ3) is 22.5. The third-order valence-corrected chi connectivity index (χ3v) is 1.14. The Balaban J connectivity index is 0. The number of rotatable bonds is 1. The summed E-state index contributed by atoms with van der Waals surface area (Å²) in [6, 6.07) is 0. The minimum atomic E-state index is -0.981. The normalized spacial score (nSPS) is 6.36. The first-order valence-electron chi connectivity index (χ1n) is 3.32. The fourth-order valence-electron chi connectivity index (χ4n) is 0.176. The molecule has 0 aliphatic rings. The van der Waals surface area contributed by atoms with Crippen LogP contribution in [0.2, 0.25) is 0 Å². The van der Waals surface area contributed by atoms with E-state index < -0.39 is 5.97 Å². The van der Waals surface area contributed by atoms with Crippen molar-refractivity contribution in [1.29, 1.82) is 0 Å². The first-order chi connectivity index (χ1) is 6.68. The molecule has 0 bridgehead atoms. The molecular weight excluding hydrogens is 204 g/mol. The van der Waals surface area contributed by atoms with Gasteiger partial charge in [-0.2, -0.15) is 0 Å². The van der Waals surface area contributed by atoms with Gasteiger partial charge in [0.25, 0.3) is 0 Å². The minimum absolute atomic E-state index is 0.833. The summed E-state index contributed by atoms with van der Waals surface area (Å²) in [5, 5.41) is 9.53. The molecular formula is C8H10N2O3S. The highest BCUT2D eigenvalue weighted by Gasteiger charge is 1.73. The topological polar surface area (TPSA) is 79.6 Å². The molecule has 0 aliphatic carbocycles. The highest BCUT2D eigenvalue weighted by molar-refractivity contribution is 7.07. The molecule has 0 fully saturated rings. The molecule has 0 radical (unpaired) electrons. The fourth-order valence-corrected chi connectivity index (χ4v) is 0.527. The predicted octanol–water partition coefficient (Wildman–Crippen LogP) is 1.35. The zero-order chi connectivity index (χ0) is 11.2. The van der Waals surface area contributed by atoms with E-state index in [-0.39, 0.29) is 0 Å². The van der Waals surface area contributed by atoms with Crippen molar-refractivity contribution in [2.24, 2.45) is 4.99 Å². The van der Waals surface area contributed by atoms with E-state index in [1.807, 2.05) is 5.38 Å². The van der Waals surface area contributed by atoms with Crippen LogP contribution in [0.4, 0.5) is 0 Å². The van der Waals surface area contributed by atoms with E-state index in [1.165, 1.54) is 13.1 Å². The summed E-state index contributed by atoms with van der Waals surface area (Å²) in [6.07, 6.45) is 3.91. The molecule has 1 heterocycles. The monoisotopic (exact) mass is 214 g/mol. The van der Waals surface area contributed by atoms with Crippen molar-refractivity contribution in [1.82, 2.24) is 4.98 Å². The molecule has 1 aromatic rings. The molecule has 0 aliphatic heterocycles. The maximum atomic E-state index is 9.25. The molecule has 0 amide bonds. The van der Waals surface area contributed by atoms with Gasteiger partial charge in [0.1, 0.15) is 0 Å². The second-order valence-electron chi connectivity index (χ2n) is 1.53. The molecule has 0 saturated heterocycles. The number of hydrogen-bond donors (Lipinski definition) is 1. The van der Waals surface area contributed by atoms with Gasteiger partial charge < -0.3 is 5.11 Å². The number of carbonyl (C=O) groups excluding carboxylic acids is 1. The molecule has 6 heteroatoms. The second kappa shape index (κ2) is 13.8. The van der Waals surface area contributed by atoms with Crippen LogP contribution >= 0.6 is 11.3 Å². The Morgan fingerprint density at radius 1 is 1.79 bits per heavy atom. The van der Waals surface area contributed by atoms with Crippen LogP contribution in [0.5, 0.6) is 0 Å². The van der Waals surface area contributed by atoms with Crippen molar-refractivity contribution in [2.45, 2.75) is 0 Å². The molecule has 0 saturated carbocycles. The number of carbonyl (C=O) groups is 1. The van der Waals surface area contributed by atoms with Crippen LogP contribution in [-0.4, -0.2) is 29.2 Å². The van der Waals surface area contributed by atoms with Gasteiger partial charge in [0.2, 0.25) is 6.08 Å². The Bertz CT molecular complexity index is 262. The number of carboxylic acids is 1. The van der Waals surface area contributed by atoms with E-state index in [1.54, 1.807) is 23.0 Å². The molecule has 14 heavy (non-hydrogen) atoms. The lowest BCUT2D eigenvalue weighted by molar-refractivity contribution is -0.131. The lowest BCUT2D eigenvalue weighted by Crippen LogP contribution is -1.82. The number of hydrogen-bond acceptors (Lipinski definition) is 5. The number of carboxylic acid groups (broad SMARTS) is 1. The number of nitrogens with zero attached hydrogens (tertiary/aromatic N) is 2. The first-order valence-corrected chi connectivity index (χ1v) is 4.26. The molecule has 1 aromatic heterocycles. The first kappa shape index (κ1) is 14.7.